The van der Waals surface area contributed by atoms with Gasteiger partial charge in [-0.15, -0.1) is 0 Å². The number of benzene rings is 3. The Morgan fingerprint density at radius 1 is 0.714 bits per heavy atom. The standard InChI is InChI=1S/C33H32F6O3/c1-2-41-27-16-14-25(31(37)33(27)39)19-5-3-18(4-6-19)23-12-9-21(28(34)29(23)35)17-42-22-10-7-20(8-11-22)24-13-15-26(40)32(38)30(24)36/h5,9,12-16,18,20,22,40H,2-4,6-8,10-11,17H2,1H3. The van der Waals surface area contributed by atoms with Crippen LogP contribution in [0.15, 0.2) is 42.5 Å². The molecule has 5 rings (SSSR count). The SMILES string of the molecule is CCOc1ccc(C2=CCC(c3ccc(COC4CCC(c5ccc(O)c(F)c5F)CC4)c(F)c3F)CC2)c(F)c1F. The van der Waals surface area contributed by atoms with Crippen LogP contribution in [0.4, 0.5) is 26.3 Å². The van der Waals surface area contributed by atoms with E-state index < -0.39 is 40.7 Å². The van der Waals surface area contributed by atoms with Gasteiger partial charge in [-0.05, 0) is 98.6 Å². The molecule has 0 spiro atoms. The highest BCUT2D eigenvalue weighted by molar-refractivity contribution is 5.68. The fourth-order valence-electron chi connectivity index (χ4n) is 6.06. The largest absolute Gasteiger partial charge is 0.505 e. The molecule has 1 atom stereocenters. The summed E-state index contributed by atoms with van der Waals surface area (Å²) in [6.07, 6.45) is 4.85. The first kappa shape index (κ1) is 30.0. The highest BCUT2D eigenvalue weighted by Crippen LogP contribution is 2.40. The van der Waals surface area contributed by atoms with Gasteiger partial charge in [0, 0.05) is 11.1 Å². The summed E-state index contributed by atoms with van der Waals surface area (Å²) in [5.41, 5.74) is 1.29. The number of rotatable bonds is 8. The molecule has 9 heteroatoms. The second kappa shape index (κ2) is 12.8. The van der Waals surface area contributed by atoms with Gasteiger partial charge in [0.2, 0.25) is 11.6 Å². The Morgan fingerprint density at radius 3 is 2.10 bits per heavy atom. The number of allylic oxidation sites excluding steroid dienone is 2. The second-order valence-electron chi connectivity index (χ2n) is 10.9. The first-order chi connectivity index (χ1) is 20.2. The van der Waals surface area contributed by atoms with Crippen molar-refractivity contribution in [2.45, 2.75) is 76.4 Å². The maximum absolute atomic E-state index is 15.1. The Kier molecular flexibility index (Phi) is 9.16. The van der Waals surface area contributed by atoms with Crippen LogP contribution in [0.5, 0.6) is 11.5 Å². The van der Waals surface area contributed by atoms with Crippen molar-refractivity contribution in [1.29, 1.82) is 0 Å². The third-order valence-electron chi connectivity index (χ3n) is 8.42. The first-order valence-corrected chi connectivity index (χ1v) is 14.2. The summed E-state index contributed by atoms with van der Waals surface area (Å²) in [5.74, 6) is -7.65. The number of hydrogen-bond donors (Lipinski definition) is 1. The summed E-state index contributed by atoms with van der Waals surface area (Å²) < 4.78 is 98.1. The highest BCUT2D eigenvalue weighted by Gasteiger charge is 2.28. The van der Waals surface area contributed by atoms with Crippen LogP contribution in [0.3, 0.4) is 0 Å². The van der Waals surface area contributed by atoms with E-state index in [4.69, 9.17) is 9.47 Å². The van der Waals surface area contributed by atoms with Crippen molar-refractivity contribution >= 4 is 5.57 Å². The van der Waals surface area contributed by atoms with Crippen LogP contribution in [-0.2, 0) is 11.3 Å². The van der Waals surface area contributed by atoms with E-state index in [1.165, 1.54) is 24.3 Å². The molecule has 2 aliphatic carbocycles. The number of hydrogen-bond acceptors (Lipinski definition) is 3. The predicted octanol–water partition coefficient (Wildman–Crippen LogP) is 9.22. The molecule has 1 unspecified atom stereocenters. The van der Waals surface area contributed by atoms with Gasteiger partial charge in [-0.2, -0.15) is 8.78 Å². The molecule has 224 valence electrons. The van der Waals surface area contributed by atoms with E-state index in [-0.39, 0.29) is 59.2 Å². The summed E-state index contributed by atoms with van der Waals surface area (Å²) in [4.78, 5) is 0. The number of phenolic OH excluding ortho intramolecular Hbond substituents is 1. The molecule has 0 aliphatic heterocycles. The quantitative estimate of drug-likeness (QED) is 0.266. The van der Waals surface area contributed by atoms with E-state index in [0.29, 0.717) is 50.5 Å². The zero-order chi connectivity index (χ0) is 30.0. The average molecular weight is 591 g/mol. The third-order valence-corrected chi connectivity index (χ3v) is 8.42. The van der Waals surface area contributed by atoms with Crippen molar-refractivity contribution in [1.82, 2.24) is 0 Å². The molecule has 42 heavy (non-hydrogen) atoms. The molecule has 3 aromatic carbocycles. The average Bonchev–Trinajstić information content (AvgIpc) is 3.00. The second-order valence-corrected chi connectivity index (χ2v) is 10.9. The van der Waals surface area contributed by atoms with Crippen LogP contribution >= 0.6 is 0 Å². The highest BCUT2D eigenvalue weighted by atomic mass is 19.2. The van der Waals surface area contributed by atoms with Crippen molar-refractivity contribution in [3.05, 3.63) is 99.6 Å². The van der Waals surface area contributed by atoms with E-state index in [9.17, 15) is 22.7 Å². The van der Waals surface area contributed by atoms with Gasteiger partial charge in [0.25, 0.3) is 0 Å². The van der Waals surface area contributed by atoms with E-state index in [1.54, 1.807) is 19.1 Å². The molecule has 0 bridgehead atoms. The van der Waals surface area contributed by atoms with E-state index in [1.807, 2.05) is 0 Å². The molecule has 0 heterocycles. The van der Waals surface area contributed by atoms with Gasteiger partial charge >= 0.3 is 0 Å². The molecular formula is C33H32F6O3. The van der Waals surface area contributed by atoms with Gasteiger partial charge in [-0.1, -0.05) is 24.3 Å². The Bertz CT molecular complexity index is 1480. The minimum absolute atomic E-state index is 0.0870. The van der Waals surface area contributed by atoms with Crippen molar-refractivity contribution < 1.29 is 40.9 Å². The number of aromatic hydroxyl groups is 1. The maximum atomic E-state index is 15.1. The molecule has 1 saturated carbocycles. The molecule has 0 radical (unpaired) electrons. The van der Waals surface area contributed by atoms with Gasteiger partial charge in [0.1, 0.15) is 0 Å². The van der Waals surface area contributed by atoms with Crippen molar-refractivity contribution in [2.75, 3.05) is 6.61 Å². The fourth-order valence-corrected chi connectivity index (χ4v) is 6.06. The van der Waals surface area contributed by atoms with Gasteiger partial charge in [0.05, 0.1) is 19.3 Å². The lowest BCUT2D eigenvalue weighted by atomic mass is 9.82. The first-order valence-electron chi connectivity index (χ1n) is 14.2. The van der Waals surface area contributed by atoms with Crippen LogP contribution in [0.2, 0.25) is 0 Å². The van der Waals surface area contributed by atoms with Crippen molar-refractivity contribution in [3.63, 3.8) is 0 Å². The summed E-state index contributed by atoms with van der Waals surface area (Å²) in [6.45, 7) is 1.76. The Balaban J connectivity index is 1.18. The number of halogens is 6. The van der Waals surface area contributed by atoms with E-state index in [2.05, 4.69) is 0 Å². The van der Waals surface area contributed by atoms with Gasteiger partial charge in [0.15, 0.2) is 34.8 Å². The summed E-state index contributed by atoms with van der Waals surface area (Å²) in [6, 6.07) is 8.46. The summed E-state index contributed by atoms with van der Waals surface area (Å²) in [5, 5.41) is 9.35. The lowest BCUT2D eigenvalue weighted by Gasteiger charge is -2.29. The van der Waals surface area contributed by atoms with E-state index in [0.717, 1.165) is 6.07 Å². The van der Waals surface area contributed by atoms with Crippen LogP contribution in [0.25, 0.3) is 5.57 Å². The molecule has 2 aliphatic rings. The van der Waals surface area contributed by atoms with Gasteiger partial charge in [-0.25, -0.2) is 17.6 Å². The minimum Gasteiger partial charge on any atom is -0.505 e. The molecule has 0 aromatic heterocycles. The molecular weight excluding hydrogens is 558 g/mol. The van der Waals surface area contributed by atoms with Crippen LogP contribution < -0.4 is 4.74 Å². The minimum atomic E-state index is -1.26. The third kappa shape index (κ3) is 6.02. The van der Waals surface area contributed by atoms with Crippen molar-refractivity contribution in [3.8, 4) is 11.5 Å². The normalized spacial score (nSPS) is 20.8. The Labute approximate surface area is 240 Å². The number of ether oxygens (including phenoxy) is 2. The summed E-state index contributed by atoms with van der Waals surface area (Å²) >= 11 is 0. The van der Waals surface area contributed by atoms with Gasteiger partial charge in [-0.3, -0.25) is 0 Å². The Hall–Kier alpha value is -3.46. The topological polar surface area (TPSA) is 38.7 Å². The zero-order valence-electron chi connectivity index (χ0n) is 23.2. The fraction of sp³-hybridized carbons (Fsp3) is 0.394. The van der Waals surface area contributed by atoms with E-state index >= 15 is 8.78 Å². The molecule has 3 aromatic rings. The van der Waals surface area contributed by atoms with Crippen LogP contribution in [0.1, 0.15) is 86.0 Å². The van der Waals surface area contributed by atoms with Crippen LogP contribution in [-0.4, -0.2) is 17.8 Å². The zero-order valence-corrected chi connectivity index (χ0v) is 23.2. The smallest absolute Gasteiger partial charge is 0.201 e. The molecule has 0 saturated heterocycles. The molecule has 0 amide bonds. The monoisotopic (exact) mass is 590 g/mol. The van der Waals surface area contributed by atoms with Crippen molar-refractivity contribution in [2.24, 2.45) is 0 Å². The lowest BCUT2D eigenvalue weighted by molar-refractivity contribution is 0.0116. The predicted molar refractivity (Wildman–Crippen MR) is 146 cm³/mol. The maximum Gasteiger partial charge on any atom is 0.201 e. The molecule has 1 fully saturated rings. The summed E-state index contributed by atoms with van der Waals surface area (Å²) in [7, 11) is 0. The lowest BCUT2D eigenvalue weighted by Crippen LogP contribution is -2.21. The molecule has 3 nitrogen and oxygen atoms in total. The van der Waals surface area contributed by atoms with Crippen LogP contribution in [0, 0.1) is 34.9 Å². The molecule has 1 N–H and O–H groups in total. The Morgan fingerprint density at radius 2 is 1.40 bits per heavy atom. The number of phenols is 1. The van der Waals surface area contributed by atoms with Gasteiger partial charge < -0.3 is 14.6 Å².